The molecule has 4 nitrogen and oxygen atoms in total. The van der Waals surface area contributed by atoms with Gasteiger partial charge in [-0.05, 0) is 30.2 Å². The van der Waals surface area contributed by atoms with Crippen LogP contribution in [0.5, 0.6) is 5.75 Å². The monoisotopic (exact) mass is 411 g/mol. The summed E-state index contributed by atoms with van der Waals surface area (Å²) in [4.78, 5) is 3.92. The maximum atomic E-state index is 13.3. The van der Waals surface area contributed by atoms with Crippen LogP contribution in [0.1, 0.15) is 22.4 Å². The van der Waals surface area contributed by atoms with Crippen molar-refractivity contribution in [1.82, 2.24) is 15.2 Å². The molecule has 0 fully saturated rings. The van der Waals surface area contributed by atoms with Gasteiger partial charge in [-0.25, -0.2) is 0 Å². The zero-order chi connectivity index (χ0) is 21.2. The number of nitrogens with zero attached hydrogens (tertiary/aromatic N) is 2. The fourth-order valence-corrected chi connectivity index (χ4v) is 2.44. The van der Waals surface area contributed by atoms with E-state index in [1.807, 2.05) is 0 Å². The van der Waals surface area contributed by atoms with Gasteiger partial charge in [-0.15, -0.1) is 0 Å². The van der Waals surface area contributed by atoms with Gasteiger partial charge in [0.05, 0.1) is 30.1 Å². The molecule has 1 aromatic carbocycles. The lowest BCUT2D eigenvalue weighted by Gasteiger charge is -2.14. The molecule has 0 saturated heterocycles. The van der Waals surface area contributed by atoms with Crippen molar-refractivity contribution < 1.29 is 31.1 Å². The van der Waals surface area contributed by atoms with E-state index in [4.69, 9.17) is 4.74 Å². The van der Waals surface area contributed by atoms with Crippen molar-refractivity contribution in [2.24, 2.45) is 0 Å². The second-order valence-corrected chi connectivity index (χ2v) is 5.79. The van der Waals surface area contributed by atoms with Crippen LogP contribution in [0.3, 0.4) is 0 Å². The minimum Gasteiger partial charge on any atom is -0.495 e. The Morgan fingerprint density at radius 2 is 1.69 bits per heavy atom. The summed E-state index contributed by atoms with van der Waals surface area (Å²) in [6.07, 6.45) is -6.95. The Labute approximate surface area is 160 Å². The molecule has 1 N–H and O–H groups in total. The SMILES string of the molecule is COc1cncc(C#Cc2cc(-c3ccc(C(F)(F)F)cc3C(F)(F)F)n[nH]2)c1. The summed E-state index contributed by atoms with van der Waals surface area (Å²) >= 11 is 0. The second-order valence-electron chi connectivity index (χ2n) is 5.79. The Morgan fingerprint density at radius 1 is 0.931 bits per heavy atom. The van der Waals surface area contributed by atoms with Crippen LogP contribution in [-0.4, -0.2) is 22.3 Å². The van der Waals surface area contributed by atoms with E-state index in [1.54, 1.807) is 6.07 Å². The second kappa shape index (κ2) is 7.50. The minimum atomic E-state index is -4.99. The number of ether oxygens (including phenoxy) is 1. The lowest BCUT2D eigenvalue weighted by molar-refractivity contribution is -0.142. The maximum absolute atomic E-state index is 13.3. The molecule has 10 heteroatoms. The Morgan fingerprint density at radius 3 is 2.34 bits per heavy atom. The molecule has 3 rings (SSSR count). The van der Waals surface area contributed by atoms with Gasteiger partial charge in [-0.3, -0.25) is 10.1 Å². The highest BCUT2D eigenvalue weighted by Crippen LogP contribution is 2.40. The van der Waals surface area contributed by atoms with Crippen molar-refractivity contribution in [3.8, 4) is 28.8 Å². The van der Waals surface area contributed by atoms with E-state index in [-0.39, 0.29) is 17.5 Å². The summed E-state index contributed by atoms with van der Waals surface area (Å²) in [5.74, 6) is 5.88. The lowest BCUT2D eigenvalue weighted by atomic mass is 10.0. The number of H-pyrrole nitrogens is 1. The van der Waals surface area contributed by atoms with Gasteiger partial charge in [0.25, 0.3) is 0 Å². The molecule has 0 saturated carbocycles. The number of alkyl halides is 6. The number of benzene rings is 1. The zero-order valence-electron chi connectivity index (χ0n) is 14.6. The van der Waals surface area contributed by atoms with Crippen molar-refractivity contribution in [3.05, 3.63) is 65.1 Å². The number of halogens is 6. The molecule has 0 aliphatic carbocycles. The van der Waals surface area contributed by atoms with Gasteiger partial charge >= 0.3 is 12.4 Å². The van der Waals surface area contributed by atoms with E-state index < -0.39 is 29.0 Å². The van der Waals surface area contributed by atoms with Gasteiger partial charge in [0.2, 0.25) is 0 Å². The third-order valence-corrected chi connectivity index (χ3v) is 3.80. The van der Waals surface area contributed by atoms with Crippen LogP contribution in [0.2, 0.25) is 0 Å². The van der Waals surface area contributed by atoms with Gasteiger partial charge in [0, 0.05) is 17.3 Å². The summed E-state index contributed by atoms with van der Waals surface area (Å²) in [6, 6.07) is 4.21. The molecule has 0 radical (unpaired) electrons. The maximum Gasteiger partial charge on any atom is 0.417 e. The van der Waals surface area contributed by atoms with E-state index in [2.05, 4.69) is 27.0 Å². The lowest BCUT2D eigenvalue weighted by Crippen LogP contribution is -2.12. The summed E-state index contributed by atoms with van der Waals surface area (Å²) in [7, 11) is 1.46. The van der Waals surface area contributed by atoms with E-state index in [0.717, 1.165) is 6.07 Å². The van der Waals surface area contributed by atoms with Gasteiger partial charge in [-0.2, -0.15) is 31.4 Å². The fourth-order valence-electron chi connectivity index (χ4n) is 2.44. The van der Waals surface area contributed by atoms with E-state index in [0.29, 0.717) is 17.4 Å². The van der Waals surface area contributed by atoms with Gasteiger partial charge in [0.15, 0.2) is 0 Å². The van der Waals surface area contributed by atoms with Gasteiger partial charge < -0.3 is 4.74 Å². The molecule has 2 aromatic heterocycles. The topological polar surface area (TPSA) is 50.8 Å². The highest BCUT2D eigenvalue weighted by molar-refractivity contribution is 5.66. The number of pyridine rings is 1. The zero-order valence-corrected chi connectivity index (χ0v) is 14.6. The average Bonchev–Trinajstić information content (AvgIpc) is 3.13. The summed E-state index contributed by atoms with van der Waals surface area (Å²) in [6.45, 7) is 0. The van der Waals surface area contributed by atoms with Crippen LogP contribution in [0.15, 0.2) is 42.7 Å². The van der Waals surface area contributed by atoms with Crippen LogP contribution in [-0.2, 0) is 12.4 Å². The third kappa shape index (κ3) is 4.68. The third-order valence-electron chi connectivity index (χ3n) is 3.80. The van der Waals surface area contributed by atoms with Crippen molar-refractivity contribution >= 4 is 0 Å². The highest BCUT2D eigenvalue weighted by Gasteiger charge is 2.38. The van der Waals surface area contributed by atoms with E-state index >= 15 is 0 Å². The highest BCUT2D eigenvalue weighted by atomic mass is 19.4. The van der Waals surface area contributed by atoms with Crippen molar-refractivity contribution in [2.45, 2.75) is 12.4 Å². The Bertz CT molecular complexity index is 1090. The first-order valence-corrected chi connectivity index (χ1v) is 7.93. The molecule has 0 aliphatic heterocycles. The standard InChI is InChI=1S/C19H11F6N3O/c1-29-14-6-11(9-26-10-14)2-4-13-8-17(28-27-13)15-5-3-12(18(20,21)22)7-16(15)19(23,24)25/h3,5-10H,1H3,(H,27,28). The molecule has 150 valence electrons. The predicted molar refractivity (Wildman–Crippen MR) is 90.8 cm³/mol. The molecular formula is C19H11F6N3O. The first-order valence-electron chi connectivity index (χ1n) is 7.93. The molecule has 0 unspecified atom stereocenters. The van der Waals surface area contributed by atoms with E-state index in [9.17, 15) is 26.3 Å². The first-order chi connectivity index (χ1) is 13.6. The van der Waals surface area contributed by atoms with Crippen LogP contribution < -0.4 is 4.74 Å². The number of rotatable bonds is 2. The molecule has 0 spiro atoms. The molecule has 29 heavy (non-hydrogen) atoms. The summed E-state index contributed by atoms with van der Waals surface area (Å²) < 4.78 is 83.3. The Hall–Kier alpha value is -3.48. The molecule has 0 aliphatic rings. The first kappa shape index (κ1) is 20.3. The smallest absolute Gasteiger partial charge is 0.417 e. The number of aromatic amines is 1. The quantitative estimate of drug-likeness (QED) is 0.481. The number of aromatic nitrogens is 3. The molecule has 0 bridgehead atoms. The average molecular weight is 411 g/mol. The normalized spacial score (nSPS) is 11.7. The van der Waals surface area contributed by atoms with Gasteiger partial charge in [0.1, 0.15) is 11.4 Å². The van der Waals surface area contributed by atoms with Crippen molar-refractivity contribution in [3.63, 3.8) is 0 Å². The Balaban J connectivity index is 1.97. The largest absolute Gasteiger partial charge is 0.495 e. The van der Waals surface area contributed by atoms with Gasteiger partial charge in [-0.1, -0.05) is 12.0 Å². The van der Waals surface area contributed by atoms with Crippen LogP contribution in [0.25, 0.3) is 11.3 Å². The number of hydrogen-bond donors (Lipinski definition) is 1. The Kier molecular flexibility index (Phi) is 5.24. The molecule has 3 aromatic rings. The molecule has 0 atom stereocenters. The van der Waals surface area contributed by atoms with E-state index in [1.165, 1.54) is 25.6 Å². The van der Waals surface area contributed by atoms with Crippen molar-refractivity contribution in [1.29, 1.82) is 0 Å². The van der Waals surface area contributed by atoms with Crippen LogP contribution in [0, 0.1) is 11.8 Å². The summed E-state index contributed by atoms with van der Waals surface area (Å²) in [5.41, 5.74) is -2.83. The van der Waals surface area contributed by atoms with Crippen LogP contribution >= 0.6 is 0 Å². The minimum absolute atomic E-state index is 0.0667. The number of nitrogens with one attached hydrogen (secondary N) is 1. The van der Waals surface area contributed by atoms with Crippen molar-refractivity contribution in [2.75, 3.05) is 7.11 Å². The molecule has 2 heterocycles. The number of methoxy groups -OCH3 is 1. The van der Waals surface area contributed by atoms with Crippen LogP contribution in [0.4, 0.5) is 26.3 Å². The fraction of sp³-hybridized carbons (Fsp3) is 0.158. The molecular weight excluding hydrogens is 400 g/mol. The predicted octanol–water partition coefficient (Wildman–Crippen LogP) is 4.92. The number of hydrogen-bond acceptors (Lipinski definition) is 3. The molecule has 0 amide bonds. The summed E-state index contributed by atoms with van der Waals surface area (Å²) in [5, 5.41) is 6.21.